The van der Waals surface area contributed by atoms with Gasteiger partial charge >= 0.3 is 5.69 Å². The van der Waals surface area contributed by atoms with Gasteiger partial charge in [-0.3, -0.25) is 14.3 Å². The van der Waals surface area contributed by atoms with Gasteiger partial charge in [0.25, 0.3) is 5.56 Å². The monoisotopic (exact) mass is 513 g/mol. The molecule has 0 spiro atoms. The zero-order valence-electron chi connectivity index (χ0n) is 18.8. The van der Waals surface area contributed by atoms with Crippen molar-refractivity contribution in [3.05, 3.63) is 55.2 Å². The van der Waals surface area contributed by atoms with Crippen LogP contribution in [-0.4, -0.2) is 39.2 Å². The predicted molar refractivity (Wildman–Crippen MR) is 131 cm³/mol. The van der Waals surface area contributed by atoms with Gasteiger partial charge in [-0.2, -0.15) is 0 Å². The smallest absolute Gasteiger partial charge is 0.330 e. The highest BCUT2D eigenvalue weighted by molar-refractivity contribution is 8.68. The molecule has 0 amide bonds. The maximum Gasteiger partial charge on any atom is 0.330 e. The molecule has 1 saturated carbocycles. The van der Waals surface area contributed by atoms with Crippen LogP contribution in [0.25, 0.3) is 10.4 Å². The summed E-state index contributed by atoms with van der Waals surface area (Å²) in [6.07, 6.45) is 3.35. The average molecular weight is 514 g/mol. The number of hydrogen-bond acceptors (Lipinski definition) is 8. The second kappa shape index (κ2) is 9.34. The Hall–Kier alpha value is -1.39. The Morgan fingerprint density at radius 3 is 3.00 bits per heavy atom. The molecule has 3 fully saturated rings. The lowest BCUT2D eigenvalue weighted by atomic mass is 9.77. The Bertz CT molecular complexity index is 1160. The van der Waals surface area contributed by atoms with E-state index in [0.29, 0.717) is 11.5 Å². The van der Waals surface area contributed by atoms with Crippen molar-refractivity contribution in [2.24, 2.45) is 11.0 Å². The van der Waals surface area contributed by atoms with E-state index in [9.17, 15) is 9.59 Å². The number of ether oxygens (including phenoxy) is 1. The Morgan fingerprint density at radius 2 is 2.30 bits per heavy atom. The van der Waals surface area contributed by atoms with Gasteiger partial charge in [-0.25, -0.2) is 4.79 Å². The van der Waals surface area contributed by atoms with Crippen LogP contribution in [0.2, 0.25) is 0 Å². The van der Waals surface area contributed by atoms with E-state index < -0.39 is 35.3 Å². The second-order valence-electron chi connectivity index (χ2n) is 9.17. The molecule has 180 valence electrons. The Morgan fingerprint density at radius 1 is 1.55 bits per heavy atom. The van der Waals surface area contributed by atoms with Crippen molar-refractivity contribution in [2.45, 2.75) is 75.7 Å². The summed E-state index contributed by atoms with van der Waals surface area (Å²) in [5.41, 5.74) is 6.61. The van der Waals surface area contributed by atoms with Crippen molar-refractivity contribution in [1.29, 1.82) is 0 Å². The molecule has 7 atom stereocenters. The number of nitrogens with one attached hydrogen (secondary N) is 1. The fourth-order valence-corrected chi connectivity index (χ4v) is 11.4. The van der Waals surface area contributed by atoms with Crippen LogP contribution >= 0.6 is 17.1 Å². The van der Waals surface area contributed by atoms with Gasteiger partial charge in [-0.05, 0) is 63.3 Å². The minimum absolute atomic E-state index is 0.0915. The summed E-state index contributed by atoms with van der Waals surface area (Å²) in [4.78, 5) is 29.2. The molecule has 1 aliphatic carbocycles. The Labute approximate surface area is 200 Å². The summed E-state index contributed by atoms with van der Waals surface area (Å²) in [7, 11) is 0. The number of rotatable bonds is 6. The van der Waals surface area contributed by atoms with Crippen molar-refractivity contribution in [3.63, 3.8) is 0 Å². The molecule has 0 unspecified atom stereocenters. The first-order chi connectivity index (χ1) is 15.5. The summed E-state index contributed by atoms with van der Waals surface area (Å²) in [6.45, 7) is 9.99. The van der Waals surface area contributed by atoms with Gasteiger partial charge in [0.05, 0.1) is 24.4 Å². The van der Waals surface area contributed by atoms with E-state index in [-0.39, 0.29) is 23.9 Å². The van der Waals surface area contributed by atoms with Crippen molar-refractivity contribution < 1.29 is 13.8 Å². The number of aromatic amines is 1. The Kier molecular flexibility index (Phi) is 7.00. The summed E-state index contributed by atoms with van der Waals surface area (Å²) in [5.74, 6) is 0.466. The van der Waals surface area contributed by atoms with E-state index in [0.717, 1.165) is 19.3 Å². The van der Waals surface area contributed by atoms with Crippen molar-refractivity contribution in [1.82, 2.24) is 9.55 Å². The van der Waals surface area contributed by atoms with Crippen LogP contribution in [0.1, 0.15) is 51.3 Å². The zero-order valence-corrected chi connectivity index (χ0v) is 21.3. The lowest BCUT2D eigenvalue weighted by Crippen LogP contribution is -2.40. The SMILES string of the molecule is C=C(C)[C@H]1CC[C@@]2(C)O[P@](=S)(OC[C@H]3O[C@@H](n4cc(C)c(=O)[nH]c4=O)C[C@@H]3N=[N+]=[N-])S[C@@H]2C1. The molecule has 2 saturated heterocycles. The normalized spacial score (nSPS) is 38.0. The molecule has 1 aromatic heterocycles. The van der Waals surface area contributed by atoms with Crippen LogP contribution < -0.4 is 11.2 Å². The van der Waals surface area contributed by atoms with E-state index in [1.165, 1.54) is 16.3 Å². The number of H-pyrrole nitrogens is 1. The average Bonchev–Trinajstić information content (AvgIpc) is 3.26. The van der Waals surface area contributed by atoms with Gasteiger partial charge in [0, 0.05) is 28.3 Å². The lowest BCUT2D eigenvalue weighted by Gasteiger charge is -2.37. The first kappa shape index (κ1) is 24.7. The van der Waals surface area contributed by atoms with Gasteiger partial charge in [-0.15, -0.1) is 0 Å². The minimum atomic E-state index is -2.62. The van der Waals surface area contributed by atoms with Crippen LogP contribution in [-0.2, 0) is 25.6 Å². The highest BCUT2D eigenvalue weighted by atomic mass is 32.9. The van der Waals surface area contributed by atoms with Crippen LogP contribution in [0.15, 0.2) is 33.1 Å². The number of aromatic nitrogens is 2. The first-order valence-corrected chi connectivity index (χ1v) is 15.0. The minimum Gasteiger partial charge on any atom is -0.352 e. The van der Waals surface area contributed by atoms with E-state index in [1.54, 1.807) is 18.3 Å². The molecule has 1 aromatic rings. The third-order valence-electron chi connectivity index (χ3n) is 6.70. The van der Waals surface area contributed by atoms with Gasteiger partial charge in [-0.1, -0.05) is 28.6 Å². The molecule has 2 aliphatic heterocycles. The van der Waals surface area contributed by atoms with E-state index in [2.05, 4.69) is 35.4 Å². The van der Waals surface area contributed by atoms with Crippen LogP contribution in [0.3, 0.4) is 0 Å². The summed E-state index contributed by atoms with van der Waals surface area (Å²) in [6, 6.07) is -0.543. The van der Waals surface area contributed by atoms with Crippen molar-refractivity contribution >= 4 is 28.9 Å². The second-order valence-corrected chi connectivity index (χ2v) is 15.5. The summed E-state index contributed by atoms with van der Waals surface area (Å²) < 4.78 is 19.9. The number of allylic oxidation sites excluding steroid dienone is 1. The number of fused-ring (bicyclic) bond motifs is 1. The molecule has 0 radical (unpaired) electrons. The third-order valence-corrected chi connectivity index (χ3v) is 12.4. The fourth-order valence-electron chi connectivity index (χ4n) is 4.63. The summed E-state index contributed by atoms with van der Waals surface area (Å²) in [5, 5.41) is 4.09. The lowest BCUT2D eigenvalue weighted by molar-refractivity contribution is -0.0253. The zero-order chi connectivity index (χ0) is 24.0. The Balaban J connectivity index is 1.46. The predicted octanol–water partition coefficient (Wildman–Crippen LogP) is 4.32. The van der Waals surface area contributed by atoms with E-state index >= 15 is 0 Å². The summed E-state index contributed by atoms with van der Waals surface area (Å²) >= 11 is 7.43. The third kappa shape index (κ3) is 5.03. The number of hydrogen-bond donors (Lipinski definition) is 1. The molecule has 0 bridgehead atoms. The van der Waals surface area contributed by atoms with Gasteiger partial charge in [0.2, 0.25) is 5.69 Å². The molecular formula is C20H28N5O5PS2. The topological polar surface area (TPSA) is 131 Å². The first-order valence-electron chi connectivity index (χ1n) is 10.8. The van der Waals surface area contributed by atoms with Crippen LogP contribution in [0, 0.1) is 12.8 Å². The fraction of sp³-hybridized carbons (Fsp3) is 0.700. The number of aryl methyl sites for hydroxylation is 1. The molecule has 13 heteroatoms. The molecular weight excluding hydrogens is 485 g/mol. The highest BCUT2D eigenvalue weighted by Crippen LogP contribution is 2.74. The molecule has 3 heterocycles. The van der Waals surface area contributed by atoms with Crippen molar-refractivity contribution in [3.8, 4) is 0 Å². The standard InChI is InChI=1S/C20H28N5O5PS2/c1-11(2)13-5-6-20(4)16(7-13)33-31(32,30-20)28-10-15-14(23-24-21)8-17(29-15)25-9-12(3)18(26)22-19(25)27/h9,13-17H,1,5-8,10H2,2-4H3,(H,22,26,27)/t13-,14-,15+,16+,17+,20+,31-/m0/s1. The number of azide groups is 1. The maximum atomic E-state index is 12.3. The number of nitrogens with zero attached hydrogens (tertiary/aromatic N) is 4. The van der Waals surface area contributed by atoms with Crippen molar-refractivity contribution in [2.75, 3.05) is 6.61 Å². The molecule has 0 aromatic carbocycles. The van der Waals surface area contributed by atoms with Gasteiger partial charge < -0.3 is 13.8 Å². The van der Waals surface area contributed by atoms with E-state index in [1.807, 2.05) is 0 Å². The largest absolute Gasteiger partial charge is 0.352 e. The molecule has 10 nitrogen and oxygen atoms in total. The van der Waals surface area contributed by atoms with Crippen LogP contribution in [0.5, 0.6) is 0 Å². The molecule has 33 heavy (non-hydrogen) atoms. The molecule has 1 N–H and O–H groups in total. The van der Waals surface area contributed by atoms with E-state index in [4.69, 9.17) is 31.1 Å². The van der Waals surface area contributed by atoms with Gasteiger partial charge in [0.15, 0.2) is 0 Å². The highest BCUT2D eigenvalue weighted by Gasteiger charge is 2.53. The van der Waals surface area contributed by atoms with Crippen LogP contribution in [0.4, 0.5) is 0 Å². The van der Waals surface area contributed by atoms with Gasteiger partial charge in [0.1, 0.15) is 6.23 Å². The molecule has 3 aliphatic rings. The molecule has 4 rings (SSSR count). The maximum absolute atomic E-state index is 12.3. The quantitative estimate of drug-likeness (QED) is 0.197.